The fraction of sp³-hybridized carbons (Fsp3) is 0.381. The monoisotopic (exact) mass is 378 g/mol. The molecule has 144 valence electrons. The van der Waals surface area contributed by atoms with Gasteiger partial charge in [0.2, 0.25) is 0 Å². The zero-order valence-electron chi connectivity index (χ0n) is 15.5. The number of amides is 1. The van der Waals surface area contributed by atoms with Gasteiger partial charge in [-0.2, -0.15) is 5.10 Å². The van der Waals surface area contributed by atoms with E-state index in [0.29, 0.717) is 18.8 Å². The van der Waals surface area contributed by atoms with Crippen LogP contribution in [0.3, 0.4) is 0 Å². The SMILES string of the molecule is O=C(NC1COCC1n1nc2c(cc1=O)CCCC2)c1cc2ccccn2c1. The highest BCUT2D eigenvalue weighted by Gasteiger charge is 2.33. The second-order valence-corrected chi connectivity index (χ2v) is 7.55. The van der Waals surface area contributed by atoms with Gasteiger partial charge >= 0.3 is 0 Å². The van der Waals surface area contributed by atoms with E-state index in [0.717, 1.165) is 42.5 Å². The van der Waals surface area contributed by atoms with Crippen molar-refractivity contribution >= 4 is 11.4 Å². The van der Waals surface area contributed by atoms with E-state index in [-0.39, 0.29) is 23.6 Å². The lowest BCUT2D eigenvalue weighted by atomic mass is 9.97. The van der Waals surface area contributed by atoms with Gasteiger partial charge in [-0.3, -0.25) is 9.59 Å². The summed E-state index contributed by atoms with van der Waals surface area (Å²) in [6.07, 6.45) is 7.74. The van der Waals surface area contributed by atoms with Crippen molar-refractivity contribution in [1.82, 2.24) is 19.5 Å². The molecule has 7 nitrogen and oxygen atoms in total. The van der Waals surface area contributed by atoms with E-state index in [1.165, 1.54) is 4.68 Å². The summed E-state index contributed by atoms with van der Waals surface area (Å²) >= 11 is 0. The normalized spacial score (nSPS) is 21.6. The number of nitrogens with one attached hydrogen (secondary N) is 1. The minimum atomic E-state index is -0.291. The number of carbonyl (C=O) groups is 1. The minimum Gasteiger partial charge on any atom is -0.377 e. The average molecular weight is 378 g/mol. The van der Waals surface area contributed by atoms with E-state index in [1.54, 1.807) is 12.3 Å². The first-order chi connectivity index (χ1) is 13.7. The fourth-order valence-electron chi connectivity index (χ4n) is 4.17. The van der Waals surface area contributed by atoms with Gasteiger partial charge in [0, 0.05) is 24.0 Å². The summed E-state index contributed by atoms with van der Waals surface area (Å²) < 4.78 is 9.02. The van der Waals surface area contributed by atoms with Crippen LogP contribution in [0, 0.1) is 0 Å². The molecule has 1 fully saturated rings. The number of fused-ring (bicyclic) bond motifs is 2. The molecular weight excluding hydrogens is 356 g/mol. The van der Waals surface area contributed by atoms with Crippen LogP contribution in [0.5, 0.6) is 0 Å². The predicted octanol–water partition coefficient (Wildman–Crippen LogP) is 1.74. The molecule has 28 heavy (non-hydrogen) atoms. The van der Waals surface area contributed by atoms with Crippen LogP contribution in [-0.4, -0.2) is 39.3 Å². The third-order valence-corrected chi connectivity index (χ3v) is 5.68. The molecule has 1 aliphatic carbocycles. The number of hydrogen-bond acceptors (Lipinski definition) is 4. The number of aromatic nitrogens is 3. The summed E-state index contributed by atoms with van der Waals surface area (Å²) in [6, 6.07) is 8.79. The molecule has 0 spiro atoms. The van der Waals surface area contributed by atoms with E-state index in [9.17, 15) is 9.59 Å². The third-order valence-electron chi connectivity index (χ3n) is 5.68. The summed E-state index contributed by atoms with van der Waals surface area (Å²) in [4.78, 5) is 25.4. The molecule has 7 heteroatoms. The number of nitrogens with zero attached hydrogens (tertiary/aromatic N) is 3. The highest BCUT2D eigenvalue weighted by atomic mass is 16.5. The van der Waals surface area contributed by atoms with Crippen molar-refractivity contribution < 1.29 is 9.53 Å². The number of rotatable bonds is 3. The Morgan fingerprint density at radius 1 is 1.18 bits per heavy atom. The van der Waals surface area contributed by atoms with Crippen molar-refractivity contribution in [2.75, 3.05) is 13.2 Å². The summed E-state index contributed by atoms with van der Waals surface area (Å²) in [5.74, 6) is -0.171. The number of pyridine rings is 1. The molecule has 1 N–H and O–H groups in total. The van der Waals surface area contributed by atoms with Crippen molar-refractivity contribution in [2.24, 2.45) is 0 Å². The molecule has 2 unspecified atom stereocenters. The Morgan fingerprint density at radius 3 is 2.96 bits per heavy atom. The lowest BCUT2D eigenvalue weighted by Gasteiger charge is -2.22. The van der Waals surface area contributed by atoms with Gasteiger partial charge in [0.15, 0.2) is 0 Å². The maximum Gasteiger partial charge on any atom is 0.267 e. The maximum atomic E-state index is 12.8. The quantitative estimate of drug-likeness (QED) is 0.753. The number of aryl methyl sites for hydroxylation is 2. The van der Waals surface area contributed by atoms with Gasteiger partial charge in [0.25, 0.3) is 11.5 Å². The van der Waals surface area contributed by atoms with Gasteiger partial charge in [-0.25, -0.2) is 4.68 Å². The van der Waals surface area contributed by atoms with Crippen LogP contribution in [-0.2, 0) is 17.6 Å². The molecule has 0 radical (unpaired) electrons. The van der Waals surface area contributed by atoms with Crippen LogP contribution in [0.15, 0.2) is 47.5 Å². The Labute approximate surface area is 161 Å². The number of ether oxygens (including phenoxy) is 1. The molecule has 0 aromatic carbocycles. The molecule has 4 heterocycles. The van der Waals surface area contributed by atoms with Crippen LogP contribution >= 0.6 is 0 Å². The van der Waals surface area contributed by atoms with Crippen molar-refractivity contribution in [3.05, 3.63) is 69.9 Å². The Hall–Kier alpha value is -2.93. The van der Waals surface area contributed by atoms with Gasteiger partial charge in [0.1, 0.15) is 6.04 Å². The minimum absolute atomic E-state index is 0.120. The molecule has 3 aromatic rings. The molecule has 2 atom stereocenters. The van der Waals surface area contributed by atoms with Gasteiger partial charge in [-0.1, -0.05) is 6.07 Å². The molecule has 1 saturated heterocycles. The highest BCUT2D eigenvalue weighted by Crippen LogP contribution is 2.22. The number of hydrogen-bond donors (Lipinski definition) is 1. The van der Waals surface area contributed by atoms with Crippen LogP contribution in [0.1, 0.15) is 40.5 Å². The predicted molar refractivity (Wildman–Crippen MR) is 104 cm³/mol. The maximum absolute atomic E-state index is 12.8. The van der Waals surface area contributed by atoms with Gasteiger partial charge in [-0.05, 0) is 49.4 Å². The third kappa shape index (κ3) is 3.01. The van der Waals surface area contributed by atoms with E-state index >= 15 is 0 Å². The first kappa shape index (κ1) is 17.2. The summed E-state index contributed by atoms with van der Waals surface area (Å²) in [7, 11) is 0. The summed E-state index contributed by atoms with van der Waals surface area (Å²) in [5, 5.41) is 7.66. The van der Waals surface area contributed by atoms with Crippen molar-refractivity contribution in [3.63, 3.8) is 0 Å². The molecule has 1 aliphatic heterocycles. The van der Waals surface area contributed by atoms with E-state index < -0.39 is 0 Å². The molecular formula is C21H22N4O3. The summed E-state index contributed by atoms with van der Waals surface area (Å²) in [5.41, 5.74) is 3.49. The van der Waals surface area contributed by atoms with Gasteiger partial charge < -0.3 is 14.5 Å². The van der Waals surface area contributed by atoms with Crippen LogP contribution < -0.4 is 10.9 Å². The average Bonchev–Trinajstić information content (AvgIpc) is 3.34. The highest BCUT2D eigenvalue weighted by molar-refractivity contribution is 5.95. The van der Waals surface area contributed by atoms with Crippen molar-refractivity contribution in [2.45, 2.75) is 37.8 Å². The van der Waals surface area contributed by atoms with Crippen LogP contribution in [0.2, 0.25) is 0 Å². The Kier molecular flexibility index (Phi) is 4.24. The molecule has 0 saturated carbocycles. The van der Waals surface area contributed by atoms with Crippen LogP contribution in [0.25, 0.3) is 5.52 Å². The van der Waals surface area contributed by atoms with Gasteiger partial charge in [-0.15, -0.1) is 0 Å². The Morgan fingerprint density at radius 2 is 2.07 bits per heavy atom. The molecule has 5 rings (SSSR count). The largest absolute Gasteiger partial charge is 0.377 e. The zero-order chi connectivity index (χ0) is 19.1. The Balaban J connectivity index is 1.40. The lowest BCUT2D eigenvalue weighted by Crippen LogP contribution is -2.44. The summed E-state index contributed by atoms with van der Waals surface area (Å²) in [6.45, 7) is 0.739. The topological polar surface area (TPSA) is 77.6 Å². The van der Waals surface area contributed by atoms with Crippen molar-refractivity contribution in [1.29, 1.82) is 0 Å². The smallest absolute Gasteiger partial charge is 0.267 e. The van der Waals surface area contributed by atoms with Crippen LogP contribution in [0.4, 0.5) is 0 Å². The lowest BCUT2D eigenvalue weighted by molar-refractivity contribution is 0.0924. The molecule has 0 bridgehead atoms. The standard InChI is InChI=1S/C21H22N4O3/c26-20-10-14-5-1-2-7-17(14)23-25(20)19-13-28-12-18(19)22-21(27)15-9-16-6-3-4-8-24(16)11-15/h3-4,6,8-11,18-19H,1-2,5,7,12-13H2,(H,22,27). The van der Waals surface area contributed by atoms with E-state index in [4.69, 9.17) is 4.74 Å². The first-order valence-electron chi connectivity index (χ1n) is 9.76. The van der Waals surface area contributed by atoms with Gasteiger partial charge in [0.05, 0.1) is 30.5 Å². The second kappa shape index (κ2) is 6.91. The Bertz CT molecular complexity index is 1070. The fourth-order valence-corrected chi connectivity index (χ4v) is 4.17. The molecule has 1 amide bonds. The zero-order valence-corrected chi connectivity index (χ0v) is 15.5. The molecule has 2 aliphatic rings. The number of carbonyl (C=O) groups excluding carboxylic acids is 1. The van der Waals surface area contributed by atoms with E-state index in [1.807, 2.05) is 34.9 Å². The molecule has 3 aromatic heterocycles. The van der Waals surface area contributed by atoms with E-state index in [2.05, 4.69) is 10.4 Å². The first-order valence-corrected chi connectivity index (χ1v) is 9.76. The second-order valence-electron chi connectivity index (χ2n) is 7.55. The van der Waals surface area contributed by atoms with Crippen molar-refractivity contribution in [3.8, 4) is 0 Å².